The maximum atomic E-state index is 11.5. The van der Waals surface area contributed by atoms with Crippen LogP contribution in [0.4, 0.5) is 5.69 Å². The Bertz CT molecular complexity index is 1140. The molecule has 0 saturated heterocycles. The molecule has 0 radical (unpaired) electrons. The lowest BCUT2D eigenvalue weighted by atomic mass is 10.00. The van der Waals surface area contributed by atoms with Gasteiger partial charge in [0, 0.05) is 12.3 Å². The first-order chi connectivity index (χ1) is 13.6. The Hall–Kier alpha value is -3.86. The number of benzene rings is 2. The minimum Gasteiger partial charge on any atom is -0.258 e. The maximum absolute atomic E-state index is 11.5. The van der Waals surface area contributed by atoms with Gasteiger partial charge in [-0.1, -0.05) is 48.0 Å². The topological polar surface area (TPSA) is 68.9 Å². The summed E-state index contributed by atoms with van der Waals surface area (Å²) in [6.07, 6.45) is 1.71. The summed E-state index contributed by atoms with van der Waals surface area (Å²) in [5.41, 5.74) is 5.58. The van der Waals surface area contributed by atoms with Crippen molar-refractivity contribution in [3.8, 4) is 33.8 Å². The molecule has 0 spiro atoms. The lowest BCUT2D eigenvalue weighted by Gasteiger charge is -2.10. The lowest BCUT2D eigenvalue weighted by molar-refractivity contribution is -0.384. The summed E-state index contributed by atoms with van der Waals surface area (Å²) < 4.78 is 0. The first-order valence-corrected chi connectivity index (χ1v) is 8.86. The molecule has 0 aliphatic rings. The van der Waals surface area contributed by atoms with Crippen LogP contribution in [0.5, 0.6) is 0 Å². The second-order valence-corrected chi connectivity index (χ2v) is 6.48. The van der Waals surface area contributed by atoms with E-state index in [1.54, 1.807) is 24.4 Å². The number of rotatable bonds is 4. The summed E-state index contributed by atoms with van der Waals surface area (Å²) in [4.78, 5) is 20.2. The number of nitro benzene ring substituents is 1. The van der Waals surface area contributed by atoms with Crippen molar-refractivity contribution in [2.75, 3.05) is 0 Å². The Kier molecular flexibility index (Phi) is 4.64. The van der Waals surface area contributed by atoms with E-state index < -0.39 is 0 Å². The average molecular weight is 367 g/mol. The molecule has 2 aromatic heterocycles. The van der Waals surface area contributed by atoms with E-state index in [0.717, 1.165) is 16.8 Å². The maximum Gasteiger partial charge on any atom is 0.278 e. The van der Waals surface area contributed by atoms with Crippen LogP contribution < -0.4 is 0 Å². The molecule has 0 aliphatic carbocycles. The zero-order valence-corrected chi connectivity index (χ0v) is 15.2. The van der Waals surface area contributed by atoms with Gasteiger partial charge in [0.15, 0.2) is 0 Å². The molecule has 2 aromatic carbocycles. The Morgan fingerprint density at radius 3 is 2.21 bits per heavy atom. The molecule has 4 rings (SSSR count). The predicted molar refractivity (Wildman–Crippen MR) is 110 cm³/mol. The van der Waals surface area contributed by atoms with Crippen LogP contribution >= 0.6 is 0 Å². The van der Waals surface area contributed by atoms with Crippen LogP contribution in [0.15, 0.2) is 85.1 Å². The van der Waals surface area contributed by atoms with Crippen molar-refractivity contribution < 1.29 is 4.92 Å². The SMILES string of the molecule is Cc1ccc(-c2cc(-c3ccccn3)nc(-c3ccccc3[N+](=O)[O-])c2)cc1. The van der Waals surface area contributed by atoms with Crippen molar-refractivity contribution in [1.29, 1.82) is 0 Å². The summed E-state index contributed by atoms with van der Waals surface area (Å²) in [5, 5.41) is 11.5. The van der Waals surface area contributed by atoms with Gasteiger partial charge in [0.2, 0.25) is 0 Å². The van der Waals surface area contributed by atoms with E-state index in [9.17, 15) is 10.1 Å². The van der Waals surface area contributed by atoms with Gasteiger partial charge in [-0.15, -0.1) is 0 Å². The second-order valence-electron chi connectivity index (χ2n) is 6.48. The molecule has 4 aromatic rings. The Balaban J connectivity index is 1.95. The number of para-hydroxylation sites is 1. The van der Waals surface area contributed by atoms with Gasteiger partial charge in [0.25, 0.3) is 5.69 Å². The fourth-order valence-electron chi connectivity index (χ4n) is 3.08. The van der Waals surface area contributed by atoms with Crippen molar-refractivity contribution in [2.24, 2.45) is 0 Å². The molecule has 0 fully saturated rings. The minimum atomic E-state index is -0.379. The molecule has 0 atom stereocenters. The van der Waals surface area contributed by atoms with Crippen molar-refractivity contribution in [3.63, 3.8) is 0 Å². The summed E-state index contributed by atoms with van der Waals surface area (Å²) >= 11 is 0. The van der Waals surface area contributed by atoms with Gasteiger partial charge in [-0.05, 0) is 48.4 Å². The third-order valence-corrected chi connectivity index (χ3v) is 4.51. The largest absolute Gasteiger partial charge is 0.278 e. The fraction of sp³-hybridized carbons (Fsp3) is 0.0435. The number of hydrogen-bond acceptors (Lipinski definition) is 4. The Morgan fingerprint density at radius 2 is 1.50 bits per heavy atom. The van der Waals surface area contributed by atoms with E-state index in [4.69, 9.17) is 4.98 Å². The molecular weight excluding hydrogens is 350 g/mol. The quantitative estimate of drug-likeness (QED) is 0.343. The van der Waals surface area contributed by atoms with E-state index in [-0.39, 0.29) is 10.6 Å². The van der Waals surface area contributed by atoms with Gasteiger partial charge >= 0.3 is 0 Å². The standard InChI is InChI=1S/C23H17N3O2/c1-16-9-11-17(12-10-16)18-14-21(19-6-2-3-8-23(19)26(27)28)25-22(15-18)20-7-4-5-13-24-20/h2-15H,1H3. The Morgan fingerprint density at radius 1 is 0.786 bits per heavy atom. The van der Waals surface area contributed by atoms with Gasteiger partial charge in [0.1, 0.15) is 0 Å². The van der Waals surface area contributed by atoms with Crippen molar-refractivity contribution in [2.45, 2.75) is 6.92 Å². The van der Waals surface area contributed by atoms with Crippen molar-refractivity contribution in [3.05, 3.63) is 101 Å². The zero-order chi connectivity index (χ0) is 19.5. The van der Waals surface area contributed by atoms with Crippen LogP contribution in [0.25, 0.3) is 33.8 Å². The number of aromatic nitrogens is 2. The molecular formula is C23H17N3O2. The normalized spacial score (nSPS) is 10.6. The summed E-state index contributed by atoms with van der Waals surface area (Å²) in [7, 11) is 0. The highest BCUT2D eigenvalue weighted by atomic mass is 16.6. The minimum absolute atomic E-state index is 0.0306. The third-order valence-electron chi connectivity index (χ3n) is 4.51. The second kappa shape index (κ2) is 7.40. The van der Waals surface area contributed by atoms with Gasteiger partial charge in [-0.3, -0.25) is 15.1 Å². The molecule has 0 aliphatic heterocycles. The number of pyridine rings is 2. The number of nitrogens with zero attached hydrogens (tertiary/aromatic N) is 3. The fourth-order valence-corrected chi connectivity index (χ4v) is 3.08. The van der Waals surface area contributed by atoms with Gasteiger partial charge in [-0.25, -0.2) is 4.98 Å². The molecule has 136 valence electrons. The van der Waals surface area contributed by atoms with E-state index in [0.29, 0.717) is 17.0 Å². The smallest absolute Gasteiger partial charge is 0.258 e. The zero-order valence-electron chi connectivity index (χ0n) is 15.2. The molecule has 0 amide bonds. The highest BCUT2D eigenvalue weighted by Crippen LogP contribution is 2.33. The molecule has 28 heavy (non-hydrogen) atoms. The van der Waals surface area contributed by atoms with Crippen LogP contribution in [0.2, 0.25) is 0 Å². The van der Waals surface area contributed by atoms with E-state index in [1.165, 1.54) is 11.6 Å². The third kappa shape index (κ3) is 3.50. The molecule has 5 nitrogen and oxygen atoms in total. The molecule has 0 saturated carbocycles. The van der Waals surface area contributed by atoms with E-state index in [1.807, 2.05) is 61.5 Å². The number of nitro groups is 1. The van der Waals surface area contributed by atoms with Crippen LogP contribution in [-0.2, 0) is 0 Å². The summed E-state index contributed by atoms with van der Waals surface area (Å²) in [5.74, 6) is 0. The van der Waals surface area contributed by atoms with E-state index in [2.05, 4.69) is 4.98 Å². The molecule has 2 heterocycles. The summed E-state index contributed by atoms with van der Waals surface area (Å²) in [6, 6.07) is 24.3. The number of aryl methyl sites for hydroxylation is 1. The van der Waals surface area contributed by atoms with Gasteiger partial charge < -0.3 is 0 Å². The van der Waals surface area contributed by atoms with Crippen LogP contribution in [-0.4, -0.2) is 14.9 Å². The van der Waals surface area contributed by atoms with Crippen LogP contribution in [0, 0.1) is 17.0 Å². The average Bonchev–Trinajstić information content (AvgIpc) is 2.74. The van der Waals surface area contributed by atoms with Crippen molar-refractivity contribution >= 4 is 5.69 Å². The lowest BCUT2D eigenvalue weighted by Crippen LogP contribution is -1.96. The van der Waals surface area contributed by atoms with Crippen LogP contribution in [0.3, 0.4) is 0 Å². The van der Waals surface area contributed by atoms with Crippen molar-refractivity contribution in [1.82, 2.24) is 9.97 Å². The Labute approximate surface area is 162 Å². The summed E-state index contributed by atoms with van der Waals surface area (Å²) in [6.45, 7) is 2.04. The molecule has 5 heteroatoms. The highest BCUT2D eigenvalue weighted by molar-refractivity contribution is 5.79. The van der Waals surface area contributed by atoms with Gasteiger partial charge in [0.05, 0.1) is 27.6 Å². The monoisotopic (exact) mass is 367 g/mol. The highest BCUT2D eigenvalue weighted by Gasteiger charge is 2.17. The number of hydrogen-bond donors (Lipinski definition) is 0. The predicted octanol–water partition coefficient (Wildman–Crippen LogP) is 5.69. The van der Waals surface area contributed by atoms with E-state index >= 15 is 0 Å². The molecule has 0 unspecified atom stereocenters. The van der Waals surface area contributed by atoms with Gasteiger partial charge in [-0.2, -0.15) is 0 Å². The van der Waals surface area contributed by atoms with Crippen LogP contribution in [0.1, 0.15) is 5.56 Å². The molecule has 0 N–H and O–H groups in total. The first kappa shape index (κ1) is 17.5. The first-order valence-electron chi connectivity index (χ1n) is 8.86. The molecule has 0 bridgehead atoms.